The van der Waals surface area contributed by atoms with Crippen LogP contribution in [0.25, 0.3) is 0 Å². The molecule has 0 radical (unpaired) electrons. The van der Waals surface area contributed by atoms with Gasteiger partial charge in [-0.15, -0.1) is 10.2 Å². The van der Waals surface area contributed by atoms with Gasteiger partial charge in [-0.3, -0.25) is 4.79 Å². The molecule has 0 aliphatic rings. The first kappa shape index (κ1) is 16.7. The molecule has 3 aromatic rings. The number of carbonyl (C=O) groups is 1. The zero-order valence-electron chi connectivity index (χ0n) is 14.0. The lowest BCUT2D eigenvalue weighted by Gasteiger charge is -2.13. The Hall–Kier alpha value is -3.16. The Morgan fingerprint density at radius 2 is 2.04 bits per heavy atom. The summed E-state index contributed by atoms with van der Waals surface area (Å²) >= 11 is 0. The number of amides is 1. The molecule has 2 aromatic heterocycles. The normalized spacial score (nSPS) is 12.0. The first-order valence-corrected chi connectivity index (χ1v) is 7.65. The van der Waals surface area contributed by atoms with Crippen LogP contribution in [-0.2, 0) is 0 Å². The Balaban J connectivity index is 1.76. The van der Waals surface area contributed by atoms with Gasteiger partial charge in [-0.05, 0) is 38.1 Å². The molecule has 0 saturated heterocycles. The number of halogens is 1. The second-order valence-electron chi connectivity index (χ2n) is 5.56. The summed E-state index contributed by atoms with van der Waals surface area (Å²) in [4.78, 5) is 12.2. The predicted molar refractivity (Wildman–Crippen MR) is 88.9 cm³/mol. The first-order valence-electron chi connectivity index (χ1n) is 7.65. The van der Waals surface area contributed by atoms with Crippen molar-refractivity contribution in [3.63, 3.8) is 0 Å². The lowest BCUT2D eigenvalue weighted by atomic mass is 10.2. The molecule has 0 bridgehead atoms. The number of hydrogen-bond acceptors (Lipinski definition) is 6. The molecule has 0 saturated carbocycles. The van der Waals surface area contributed by atoms with E-state index in [1.807, 2.05) is 6.92 Å². The number of hydrogen-bond donors (Lipinski definition) is 2. The summed E-state index contributed by atoms with van der Waals surface area (Å²) in [6, 6.07) is 5.60. The molecular weight excluding hydrogens is 327 g/mol. The highest BCUT2D eigenvalue weighted by molar-refractivity contribution is 6.05. The van der Waals surface area contributed by atoms with E-state index in [0.29, 0.717) is 28.8 Å². The second-order valence-corrected chi connectivity index (χ2v) is 5.56. The van der Waals surface area contributed by atoms with E-state index < -0.39 is 11.7 Å². The van der Waals surface area contributed by atoms with Gasteiger partial charge < -0.3 is 19.5 Å². The number of rotatable bonds is 5. The van der Waals surface area contributed by atoms with Crippen molar-refractivity contribution < 1.29 is 18.0 Å². The largest absolute Gasteiger partial charge is 0.469 e. The molecule has 2 heterocycles. The zero-order chi connectivity index (χ0) is 18.0. The van der Waals surface area contributed by atoms with Crippen LogP contribution in [0.5, 0.6) is 0 Å². The molecule has 25 heavy (non-hydrogen) atoms. The number of nitrogens with zero attached hydrogens (tertiary/aromatic N) is 2. The summed E-state index contributed by atoms with van der Waals surface area (Å²) in [6.07, 6.45) is 1.41. The van der Waals surface area contributed by atoms with E-state index in [4.69, 9.17) is 8.83 Å². The minimum absolute atomic E-state index is 0.0597. The molecule has 0 spiro atoms. The standard InChI is InChI=1S/C17H17FN4O3/c1-9(17-22-21-11(3)25-17)19-12-4-5-14(18)15(8-12)20-16(23)13-6-7-24-10(13)2/h4-9,19H,1-3H3,(H,20,23)/t9-/m1/s1. The number of carbonyl (C=O) groups excluding carboxylic acids is 1. The average molecular weight is 344 g/mol. The van der Waals surface area contributed by atoms with Gasteiger partial charge >= 0.3 is 0 Å². The van der Waals surface area contributed by atoms with Crippen LogP contribution in [0.3, 0.4) is 0 Å². The lowest BCUT2D eigenvalue weighted by molar-refractivity contribution is 0.102. The molecule has 2 N–H and O–H groups in total. The number of aromatic nitrogens is 2. The quantitative estimate of drug-likeness (QED) is 0.730. The highest BCUT2D eigenvalue weighted by Gasteiger charge is 2.16. The van der Waals surface area contributed by atoms with Crippen LogP contribution in [0.1, 0.15) is 40.9 Å². The summed E-state index contributed by atoms with van der Waals surface area (Å²) in [6.45, 7) is 5.20. The van der Waals surface area contributed by atoms with Gasteiger partial charge in [0.15, 0.2) is 0 Å². The van der Waals surface area contributed by atoms with Crippen LogP contribution < -0.4 is 10.6 Å². The van der Waals surface area contributed by atoms with Gasteiger partial charge in [-0.2, -0.15) is 0 Å². The maximum atomic E-state index is 14.0. The molecule has 1 atom stereocenters. The minimum atomic E-state index is -0.540. The Labute approximate surface area is 143 Å². The fourth-order valence-electron chi connectivity index (χ4n) is 2.32. The van der Waals surface area contributed by atoms with Gasteiger partial charge in [0.05, 0.1) is 17.5 Å². The van der Waals surface area contributed by atoms with Crippen LogP contribution in [-0.4, -0.2) is 16.1 Å². The number of furan rings is 1. The van der Waals surface area contributed by atoms with Crippen molar-refractivity contribution >= 4 is 17.3 Å². The second kappa shape index (κ2) is 6.76. The number of nitrogens with one attached hydrogen (secondary N) is 2. The minimum Gasteiger partial charge on any atom is -0.469 e. The third-order valence-corrected chi connectivity index (χ3v) is 3.61. The third-order valence-electron chi connectivity index (χ3n) is 3.61. The highest BCUT2D eigenvalue weighted by atomic mass is 19.1. The Morgan fingerprint density at radius 3 is 2.68 bits per heavy atom. The van der Waals surface area contributed by atoms with Crippen LogP contribution in [0.4, 0.5) is 15.8 Å². The lowest BCUT2D eigenvalue weighted by Crippen LogP contribution is -2.14. The monoisotopic (exact) mass is 344 g/mol. The smallest absolute Gasteiger partial charge is 0.259 e. The molecule has 1 amide bonds. The Morgan fingerprint density at radius 1 is 1.24 bits per heavy atom. The molecule has 0 aliphatic heterocycles. The highest BCUT2D eigenvalue weighted by Crippen LogP contribution is 2.24. The van der Waals surface area contributed by atoms with Gasteiger partial charge in [-0.25, -0.2) is 4.39 Å². The zero-order valence-corrected chi connectivity index (χ0v) is 14.0. The summed E-state index contributed by atoms with van der Waals surface area (Å²) in [5, 5.41) is 13.4. The van der Waals surface area contributed by atoms with Gasteiger partial charge in [0.25, 0.3) is 5.91 Å². The topological polar surface area (TPSA) is 93.2 Å². The number of aryl methyl sites for hydroxylation is 2. The van der Waals surface area contributed by atoms with Crippen molar-refractivity contribution in [2.75, 3.05) is 10.6 Å². The average Bonchev–Trinajstić information content (AvgIpc) is 3.19. The van der Waals surface area contributed by atoms with Gasteiger partial charge in [-0.1, -0.05) is 0 Å². The molecule has 8 heteroatoms. The molecule has 0 fully saturated rings. The van der Waals surface area contributed by atoms with Crippen LogP contribution in [0.2, 0.25) is 0 Å². The first-order chi connectivity index (χ1) is 11.9. The summed E-state index contributed by atoms with van der Waals surface area (Å²) in [7, 11) is 0. The summed E-state index contributed by atoms with van der Waals surface area (Å²) in [5.74, 6) is 0.365. The summed E-state index contributed by atoms with van der Waals surface area (Å²) < 4.78 is 24.5. The Bertz CT molecular complexity index is 903. The molecule has 1 aromatic carbocycles. The van der Waals surface area contributed by atoms with Crippen molar-refractivity contribution in [3.8, 4) is 0 Å². The van der Waals surface area contributed by atoms with E-state index in [1.54, 1.807) is 19.9 Å². The molecule has 3 rings (SSSR count). The Kier molecular flexibility index (Phi) is 4.51. The van der Waals surface area contributed by atoms with E-state index in [9.17, 15) is 9.18 Å². The molecule has 0 unspecified atom stereocenters. The SMILES string of the molecule is Cc1nnc([C@@H](C)Nc2ccc(F)c(NC(=O)c3ccoc3C)c2)o1. The van der Waals surface area contributed by atoms with Crippen LogP contribution >= 0.6 is 0 Å². The van der Waals surface area contributed by atoms with Crippen molar-refractivity contribution in [1.82, 2.24) is 10.2 Å². The van der Waals surface area contributed by atoms with Crippen molar-refractivity contribution in [2.45, 2.75) is 26.8 Å². The van der Waals surface area contributed by atoms with Crippen LogP contribution in [0.15, 0.2) is 39.4 Å². The molecule has 0 aliphatic carbocycles. The van der Waals surface area contributed by atoms with E-state index in [2.05, 4.69) is 20.8 Å². The summed E-state index contributed by atoms with van der Waals surface area (Å²) in [5.41, 5.74) is 1.01. The fraction of sp³-hybridized carbons (Fsp3) is 0.235. The van der Waals surface area contributed by atoms with Crippen molar-refractivity contribution in [3.05, 3.63) is 59.5 Å². The third kappa shape index (κ3) is 3.68. The fourth-order valence-corrected chi connectivity index (χ4v) is 2.32. The van der Waals surface area contributed by atoms with Crippen molar-refractivity contribution in [2.24, 2.45) is 0 Å². The van der Waals surface area contributed by atoms with E-state index >= 15 is 0 Å². The maximum Gasteiger partial charge on any atom is 0.259 e. The van der Waals surface area contributed by atoms with Gasteiger partial charge in [0.1, 0.15) is 17.6 Å². The maximum absolute atomic E-state index is 14.0. The van der Waals surface area contributed by atoms with Crippen molar-refractivity contribution in [1.29, 1.82) is 0 Å². The van der Waals surface area contributed by atoms with Gasteiger partial charge in [0.2, 0.25) is 11.8 Å². The van der Waals surface area contributed by atoms with Gasteiger partial charge in [0, 0.05) is 12.6 Å². The van der Waals surface area contributed by atoms with E-state index in [1.165, 1.54) is 24.5 Å². The molecule has 7 nitrogen and oxygen atoms in total. The molecular formula is C17H17FN4O3. The predicted octanol–water partition coefficient (Wildman–Crippen LogP) is 3.84. The number of anilines is 2. The number of benzene rings is 1. The molecule has 130 valence electrons. The van der Waals surface area contributed by atoms with Crippen LogP contribution in [0, 0.1) is 19.7 Å². The van der Waals surface area contributed by atoms with E-state index in [0.717, 1.165) is 0 Å². The van der Waals surface area contributed by atoms with E-state index in [-0.39, 0.29) is 11.7 Å².